The molecule has 1 saturated heterocycles. The van der Waals surface area contributed by atoms with E-state index >= 15 is 0 Å². The van der Waals surface area contributed by atoms with Crippen molar-refractivity contribution in [2.24, 2.45) is 16.8 Å². The molecule has 1 amide bonds. The zero-order valence-electron chi connectivity index (χ0n) is 18.0. The van der Waals surface area contributed by atoms with Crippen LogP contribution < -0.4 is 15.4 Å². The standard InChI is InChI=1S/C22H36N4O2/c1-6-23-22(25-19-11-12-26(14-19)21(27)17(4)5)24-13-18-7-9-20(10-8-18)28-15-16(2)3/h7-10,16-17,19H,6,11-15H2,1-5H3,(H2,23,24,25). The predicted molar refractivity (Wildman–Crippen MR) is 115 cm³/mol. The van der Waals surface area contributed by atoms with Gasteiger partial charge in [0.15, 0.2) is 5.96 Å². The van der Waals surface area contributed by atoms with Gasteiger partial charge in [0.2, 0.25) is 5.91 Å². The van der Waals surface area contributed by atoms with Crippen molar-refractivity contribution in [2.45, 2.75) is 53.6 Å². The van der Waals surface area contributed by atoms with Crippen molar-refractivity contribution in [2.75, 3.05) is 26.2 Å². The Morgan fingerprint density at radius 1 is 1.25 bits per heavy atom. The third kappa shape index (κ3) is 7.06. The van der Waals surface area contributed by atoms with Crippen molar-refractivity contribution < 1.29 is 9.53 Å². The van der Waals surface area contributed by atoms with E-state index in [1.807, 2.05) is 30.9 Å². The lowest BCUT2D eigenvalue weighted by molar-refractivity contribution is -0.133. The zero-order chi connectivity index (χ0) is 20.5. The van der Waals surface area contributed by atoms with Crippen LogP contribution in [-0.4, -0.2) is 49.0 Å². The summed E-state index contributed by atoms with van der Waals surface area (Å²) in [5, 5.41) is 6.78. The zero-order valence-corrected chi connectivity index (χ0v) is 18.0. The van der Waals surface area contributed by atoms with E-state index in [4.69, 9.17) is 9.73 Å². The van der Waals surface area contributed by atoms with Gasteiger partial charge in [0.1, 0.15) is 5.75 Å². The molecule has 1 fully saturated rings. The van der Waals surface area contributed by atoms with Crippen LogP contribution in [0.25, 0.3) is 0 Å². The largest absolute Gasteiger partial charge is 0.493 e. The molecule has 2 N–H and O–H groups in total. The number of likely N-dealkylation sites (tertiary alicyclic amines) is 1. The van der Waals surface area contributed by atoms with Crippen LogP contribution in [0.5, 0.6) is 5.75 Å². The van der Waals surface area contributed by atoms with Gasteiger partial charge in [-0.15, -0.1) is 0 Å². The molecule has 2 rings (SSSR count). The van der Waals surface area contributed by atoms with Crippen molar-refractivity contribution in [1.29, 1.82) is 0 Å². The Kier molecular flexibility index (Phi) is 8.61. The molecule has 1 aliphatic rings. The number of ether oxygens (including phenoxy) is 1. The molecule has 0 spiro atoms. The molecule has 156 valence electrons. The fourth-order valence-electron chi connectivity index (χ4n) is 3.08. The van der Waals surface area contributed by atoms with Crippen molar-refractivity contribution in [3.05, 3.63) is 29.8 Å². The predicted octanol–water partition coefficient (Wildman–Crippen LogP) is 3.03. The van der Waals surface area contributed by atoms with Crippen LogP contribution in [0.2, 0.25) is 0 Å². The molecule has 0 bridgehead atoms. The highest BCUT2D eigenvalue weighted by molar-refractivity contribution is 5.81. The molecule has 0 radical (unpaired) electrons. The van der Waals surface area contributed by atoms with Gasteiger partial charge in [0, 0.05) is 31.6 Å². The maximum absolute atomic E-state index is 12.2. The van der Waals surface area contributed by atoms with Crippen LogP contribution in [-0.2, 0) is 11.3 Å². The molecule has 1 aromatic rings. The lowest BCUT2D eigenvalue weighted by Gasteiger charge is -2.20. The number of carbonyl (C=O) groups is 1. The molecule has 1 atom stereocenters. The molecule has 1 aliphatic heterocycles. The molecule has 0 aromatic heterocycles. The molecule has 1 heterocycles. The first kappa shape index (κ1) is 22.1. The molecule has 6 heteroatoms. The number of rotatable bonds is 8. The maximum Gasteiger partial charge on any atom is 0.225 e. The minimum atomic E-state index is 0.0492. The summed E-state index contributed by atoms with van der Waals surface area (Å²) in [5.74, 6) is 2.48. The first-order chi connectivity index (χ1) is 13.4. The van der Waals surface area contributed by atoms with Gasteiger partial charge < -0.3 is 20.3 Å². The number of amides is 1. The van der Waals surface area contributed by atoms with E-state index in [2.05, 4.69) is 43.5 Å². The van der Waals surface area contributed by atoms with Gasteiger partial charge in [0.05, 0.1) is 13.2 Å². The molecule has 1 unspecified atom stereocenters. The molecule has 1 aromatic carbocycles. The molecule has 0 saturated carbocycles. The highest BCUT2D eigenvalue weighted by Gasteiger charge is 2.27. The molecule has 6 nitrogen and oxygen atoms in total. The van der Waals surface area contributed by atoms with Crippen LogP contribution in [0.15, 0.2) is 29.3 Å². The average molecular weight is 389 g/mol. The van der Waals surface area contributed by atoms with E-state index < -0.39 is 0 Å². The summed E-state index contributed by atoms with van der Waals surface area (Å²) < 4.78 is 5.73. The summed E-state index contributed by atoms with van der Waals surface area (Å²) in [6.07, 6.45) is 0.949. The fraction of sp³-hybridized carbons (Fsp3) is 0.636. The summed E-state index contributed by atoms with van der Waals surface area (Å²) in [4.78, 5) is 18.8. The van der Waals surface area contributed by atoms with Gasteiger partial charge >= 0.3 is 0 Å². The maximum atomic E-state index is 12.2. The van der Waals surface area contributed by atoms with E-state index in [1.54, 1.807) is 0 Å². The second-order valence-corrected chi connectivity index (χ2v) is 8.11. The van der Waals surface area contributed by atoms with Crippen LogP contribution in [0, 0.1) is 11.8 Å². The topological polar surface area (TPSA) is 66.0 Å². The van der Waals surface area contributed by atoms with E-state index in [0.29, 0.717) is 12.5 Å². The van der Waals surface area contributed by atoms with Crippen molar-refractivity contribution >= 4 is 11.9 Å². The highest BCUT2D eigenvalue weighted by atomic mass is 16.5. The normalized spacial score (nSPS) is 17.3. The molecular weight excluding hydrogens is 352 g/mol. The van der Waals surface area contributed by atoms with E-state index in [9.17, 15) is 4.79 Å². The highest BCUT2D eigenvalue weighted by Crippen LogP contribution is 2.15. The number of guanidine groups is 1. The number of hydrogen-bond donors (Lipinski definition) is 2. The van der Waals surface area contributed by atoms with Gasteiger partial charge in [-0.2, -0.15) is 0 Å². The number of benzene rings is 1. The summed E-state index contributed by atoms with van der Waals surface area (Å²) in [7, 11) is 0. The number of nitrogens with one attached hydrogen (secondary N) is 2. The summed E-state index contributed by atoms with van der Waals surface area (Å²) in [6, 6.07) is 8.36. The minimum absolute atomic E-state index is 0.0492. The van der Waals surface area contributed by atoms with Gasteiger partial charge in [-0.1, -0.05) is 39.8 Å². The summed E-state index contributed by atoms with van der Waals surface area (Å²) in [6.45, 7) is 13.9. The molecular formula is C22H36N4O2. The van der Waals surface area contributed by atoms with Gasteiger partial charge in [-0.3, -0.25) is 4.79 Å². The van der Waals surface area contributed by atoms with Crippen molar-refractivity contribution in [3.63, 3.8) is 0 Å². The van der Waals surface area contributed by atoms with Crippen LogP contribution in [0.1, 0.15) is 46.6 Å². The van der Waals surface area contributed by atoms with Gasteiger partial charge in [0.25, 0.3) is 0 Å². The average Bonchev–Trinajstić information content (AvgIpc) is 3.13. The van der Waals surface area contributed by atoms with Gasteiger partial charge in [-0.25, -0.2) is 4.99 Å². The van der Waals surface area contributed by atoms with Crippen LogP contribution in [0.3, 0.4) is 0 Å². The Morgan fingerprint density at radius 3 is 2.57 bits per heavy atom. The van der Waals surface area contributed by atoms with Crippen LogP contribution in [0.4, 0.5) is 0 Å². The van der Waals surface area contributed by atoms with E-state index in [0.717, 1.165) is 49.9 Å². The first-order valence-electron chi connectivity index (χ1n) is 10.4. The van der Waals surface area contributed by atoms with Crippen molar-refractivity contribution in [3.8, 4) is 5.75 Å². The Morgan fingerprint density at radius 2 is 1.96 bits per heavy atom. The van der Waals surface area contributed by atoms with E-state index in [1.165, 1.54) is 0 Å². The lowest BCUT2D eigenvalue weighted by Crippen LogP contribution is -2.45. The Balaban J connectivity index is 1.89. The fourth-order valence-corrected chi connectivity index (χ4v) is 3.08. The number of carbonyl (C=O) groups excluding carboxylic acids is 1. The number of hydrogen-bond acceptors (Lipinski definition) is 3. The quantitative estimate of drug-likeness (QED) is 0.531. The molecule has 28 heavy (non-hydrogen) atoms. The third-order valence-corrected chi connectivity index (χ3v) is 4.61. The third-order valence-electron chi connectivity index (χ3n) is 4.61. The monoisotopic (exact) mass is 388 g/mol. The smallest absolute Gasteiger partial charge is 0.225 e. The number of nitrogens with zero attached hydrogens (tertiary/aromatic N) is 2. The SMILES string of the molecule is CCNC(=NCc1ccc(OCC(C)C)cc1)NC1CCN(C(=O)C(C)C)C1. The second-order valence-electron chi connectivity index (χ2n) is 8.11. The Bertz CT molecular complexity index is 640. The molecule has 0 aliphatic carbocycles. The Hall–Kier alpha value is -2.24. The Labute approximate surface area is 169 Å². The minimum Gasteiger partial charge on any atom is -0.493 e. The van der Waals surface area contributed by atoms with Crippen molar-refractivity contribution in [1.82, 2.24) is 15.5 Å². The van der Waals surface area contributed by atoms with Crippen LogP contribution >= 0.6 is 0 Å². The number of aliphatic imine (C=N–C) groups is 1. The lowest BCUT2D eigenvalue weighted by atomic mass is 10.2. The van der Waals surface area contributed by atoms with E-state index in [-0.39, 0.29) is 17.9 Å². The first-order valence-corrected chi connectivity index (χ1v) is 10.4. The summed E-state index contributed by atoms with van der Waals surface area (Å²) in [5.41, 5.74) is 1.14. The van der Waals surface area contributed by atoms with Gasteiger partial charge in [-0.05, 0) is 37.0 Å². The summed E-state index contributed by atoms with van der Waals surface area (Å²) >= 11 is 0. The second kappa shape index (κ2) is 10.9.